The Morgan fingerprint density at radius 1 is 1.40 bits per heavy atom. The van der Waals surface area contributed by atoms with Gasteiger partial charge in [-0.2, -0.15) is 5.10 Å². The number of carbonyl (C=O) groups is 1. The van der Waals surface area contributed by atoms with Crippen LogP contribution in [-0.2, 0) is 4.79 Å². The molecule has 0 aromatic heterocycles. The monoisotopic (exact) mass is 276 g/mol. The van der Waals surface area contributed by atoms with Gasteiger partial charge in [0, 0.05) is 5.71 Å². The summed E-state index contributed by atoms with van der Waals surface area (Å²) in [7, 11) is 0. The van der Waals surface area contributed by atoms with Crippen molar-refractivity contribution in [3.8, 4) is 11.5 Å². The number of para-hydroxylation sites is 2. The van der Waals surface area contributed by atoms with E-state index >= 15 is 0 Å². The molecule has 1 aliphatic heterocycles. The highest BCUT2D eigenvalue weighted by molar-refractivity contribution is 5.86. The minimum absolute atomic E-state index is 0.201. The molecule has 0 radical (unpaired) electrons. The van der Waals surface area contributed by atoms with Gasteiger partial charge in [0.15, 0.2) is 11.5 Å². The second-order valence-electron chi connectivity index (χ2n) is 4.79. The van der Waals surface area contributed by atoms with Crippen molar-refractivity contribution in [2.75, 3.05) is 6.61 Å². The Kier molecular flexibility index (Phi) is 4.98. The average molecular weight is 276 g/mol. The van der Waals surface area contributed by atoms with Crippen LogP contribution < -0.4 is 14.9 Å². The lowest BCUT2D eigenvalue weighted by Crippen LogP contribution is -2.42. The maximum atomic E-state index is 12.0. The number of nitrogens with zero attached hydrogens (tertiary/aromatic N) is 1. The summed E-state index contributed by atoms with van der Waals surface area (Å²) in [5.74, 6) is 0.972. The molecule has 0 saturated heterocycles. The highest BCUT2D eigenvalue weighted by atomic mass is 16.6. The SMILES string of the molecule is CCCC/C(C)=N\NC(=O)[C@@H]1COc2ccccc2O1. The highest BCUT2D eigenvalue weighted by Crippen LogP contribution is 2.30. The molecule has 1 amide bonds. The van der Waals surface area contributed by atoms with Crippen LogP contribution in [0.1, 0.15) is 33.1 Å². The first-order valence-electron chi connectivity index (χ1n) is 6.92. The molecule has 1 atom stereocenters. The van der Waals surface area contributed by atoms with Crippen molar-refractivity contribution in [2.24, 2.45) is 5.10 Å². The van der Waals surface area contributed by atoms with Crippen LogP contribution in [-0.4, -0.2) is 24.3 Å². The zero-order chi connectivity index (χ0) is 14.4. The zero-order valence-corrected chi connectivity index (χ0v) is 11.9. The zero-order valence-electron chi connectivity index (χ0n) is 11.9. The van der Waals surface area contributed by atoms with Crippen LogP contribution in [0.15, 0.2) is 29.4 Å². The summed E-state index contributed by atoms with van der Waals surface area (Å²) >= 11 is 0. The molecular formula is C15H20N2O3. The standard InChI is InChI=1S/C15H20N2O3/c1-3-4-7-11(2)16-17-15(18)14-10-19-12-8-5-6-9-13(12)20-14/h5-6,8-9,14H,3-4,7,10H2,1-2H3,(H,17,18)/b16-11-/t14-/m0/s1. The first-order chi connectivity index (χ1) is 9.70. The second-order valence-corrected chi connectivity index (χ2v) is 4.79. The van der Waals surface area contributed by atoms with E-state index in [1.807, 2.05) is 25.1 Å². The number of rotatable bonds is 5. The van der Waals surface area contributed by atoms with Crippen molar-refractivity contribution in [3.05, 3.63) is 24.3 Å². The van der Waals surface area contributed by atoms with Crippen LogP contribution in [0, 0.1) is 0 Å². The first-order valence-corrected chi connectivity index (χ1v) is 6.92. The summed E-state index contributed by atoms with van der Waals surface area (Å²) in [5.41, 5.74) is 3.45. The van der Waals surface area contributed by atoms with Gasteiger partial charge in [-0.3, -0.25) is 4.79 Å². The van der Waals surface area contributed by atoms with Gasteiger partial charge in [-0.15, -0.1) is 0 Å². The molecule has 1 heterocycles. The minimum atomic E-state index is -0.660. The van der Waals surface area contributed by atoms with E-state index in [1.54, 1.807) is 6.07 Å². The summed E-state index contributed by atoms with van der Waals surface area (Å²) in [6.07, 6.45) is 2.41. The average Bonchev–Trinajstić information content (AvgIpc) is 2.50. The van der Waals surface area contributed by atoms with E-state index in [2.05, 4.69) is 17.5 Å². The van der Waals surface area contributed by atoms with Crippen LogP contribution in [0.3, 0.4) is 0 Å². The lowest BCUT2D eigenvalue weighted by molar-refractivity contribution is -0.130. The van der Waals surface area contributed by atoms with Crippen molar-refractivity contribution >= 4 is 11.6 Å². The minimum Gasteiger partial charge on any atom is -0.485 e. The van der Waals surface area contributed by atoms with Gasteiger partial charge in [0.05, 0.1) is 0 Å². The van der Waals surface area contributed by atoms with E-state index in [-0.39, 0.29) is 12.5 Å². The summed E-state index contributed by atoms with van der Waals surface area (Å²) in [6, 6.07) is 7.31. The molecule has 0 fully saturated rings. The Bertz CT molecular complexity index is 500. The van der Waals surface area contributed by atoms with E-state index in [9.17, 15) is 4.79 Å². The number of carbonyl (C=O) groups excluding carboxylic acids is 1. The molecule has 1 aromatic rings. The van der Waals surface area contributed by atoms with E-state index in [4.69, 9.17) is 9.47 Å². The molecule has 20 heavy (non-hydrogen) atoms. The third-order valence-electron chi connectivity index (χ3n) is 3.05. The smallest absolute Gasteiger partial charge is 0.284 e. The number of unbranched alkanes of at least 4 members (excludes halogenated alkanes) is 1. The number of ether oxygens (including phenoxy) is 2. The number of fused-ring (bicyclic) bond motifs is 1. The van der Waals surface area contributed by atoms with E-state index < -0.39 is 6.10 Å². The maximum Gasteiger partial charge on any atom is 0.284 e. The number of hydrogen-bond acceptors (Lipinski definition) is 4. The molecule has 1 aliphatic rings. The number of amides is 1. The molecular weight excluding hydrogens is 256 g/mol. The topological polar surface area (TPSA) is 59.9 Å². The van der Waals surface area contributed by atoms with Crippen LogP contribution in [0.25, 0.3) is 0 Å². The van der Waals surface area contributed by atoms with Gasteiger partial charge in [-0.1, -0.05) is 25.5 Å². The predicted molar refractivity (Wildman–Crippen MR) is 77.1 cm³/mol. The number of hydrogen-bond donors (Lipinski definition) is 1. The molecule has 1 N–H and O–H groups in total. The molecule has 108 valence electrons. The normalized spacial score (nSPS) is 17.7. The summed E-state index contributed by atoms with van der Waals surface area (Å²) < 4.78 is 11.1. The van der Waals surface area contributed by atoms with Gasteiger partial charge in [0.1, 0.15) is 6.61 Å². The number of benzene rings is 1. The third-order valence-corrected chi connectivity index (χ3v) is 3.05. The lowest BCUT2D eigenvalue weighted by Gasteiger charge is -2.24. The van der Waals surface area contributed by atoms with E-state index in [0.29, 0.717) is 11.5 Å². The van der Waals surface area contributed by atoms with Gasteiger partial charge >= 0.3 is 0 Å². The molecule has 5 heteroatoms. The van der Waals surface area contributed by atoms with Gasteiger partial charge in [-0.25, -0.2) is 5.43 Å². The molecule has 0 saturated carbocycles. The van der Waals surface area contributed by atoms with E-state index in [1.165, 1.54) is 0 Å². The van der Waals surface area contributed by atoms with Gasteiger partial charge in [0.25, 0.3) is 5.91 Å². The molecule has 0 unspecified atom stereocenters. The Morgan fingerprint density at radius 3 is 2.90 bits per heavy atom. The first kappa shape index (κ1) is 14.4. The highest BCUT2D eigenvalue weighted by Gasteiger charge is 2.27. The lowest BCUT2D eigenvalue weighted by atomic mass is 10.2. The molecule has 1 aromatic carbocycles. The fourth-order valence-electron chi connectivity index (χ4n) is 1.86. The largest absolute Gasteiger partial charge is 0.485 e. The Labute approximate surface area is 119 Å². The van der Waals surface area contributed by atoms with Crippen LogP contribution in [0.4, 0.5) is 0 Å². The van der Waals surface area contributed by atoms with Crippen molar-refractivity contribution < 1.29 is 14.3 Å². The van der Waals surface area contributed by atoms with Crippen molar-refractivity contribution in [1.29, 1.82) is 0 Å². The summed E-state index contributed by atoms with van der Waals surface area (Å²) in [5, 5.41) is 4.07. The van der Waals surface area contributed by atoms with Gasteiger partial charge in [-0.05, 0) is 31.9 Å². The van der Waals surface area contributed by atoms with Crippen LogP contribution in [0.2, 0.25) is 0 Å². The summed E-state index contributed by atoms with van der Waals surface area (Å²) in [6.45, 7) is 4.23. The predicted octanol–water partition coefficient (Wildman–Crippen LogP) is 2.51. The van der Waals surface area contributed by atoms with Crippen LogP contribution in [0.5, 0.6) is 11.5 Å². The third kappa shape index (κ3) is 3.73. The summed E-state index contributed by atoms with van der Waals surface area (Å²) in [4.78, 5) is 12.0. The van der Waals surface area contributed by atoms with Gasteiger partial charge < -0.3 is 9.47 Å². The van der Waals surface area contributed by atoms with Crippen molar-refractivity contribution in [3.63, 3.8) is 0 Å². The maximum absolute atomic E-state index is 12.0. The van der Waals surface area contributed by atoms with Crippen LogP contribution >= 0.6 is 0 Å². The number of nitrogens with one attached hydrogen (secondary N) is 1. The van der Waals surface area contributed by atoms with Crippen molar-refractivity contribution in [1.82, 2.24) is 5.43 Å². The molecule has 0 aliphatic carbocycles. The quantitative estimate of drug-likeness (QED) is 0.664. The van der Waals surface area contributed by atoms with Gasteiger partial charge in [0.2, 0.25) is 6.10 Å². The molecule has 5 nitrogen and oxygen atoms in total. The number of hydrazone groups is 1. The fraction of sp³-hybridized carbons (Fsp3) is 0.467. The fourth-order valence-corrected chi connectivity index (χ4v) is 1.86. The molecule has 2 rings (SSSR count). The Morgan fingerprint density at radius 2 is 2.15 bits per heavy atom. The molecule has 0 bridgehead atoms. The molecule has 0 spiro atoms. The Balaban J connectivity index is 1.88. The van der Waals surface area contributed by atoms with Crippen molar-refractivity contribution in [2.45, 2.75) is 39.2 Å². The Hall–Kier alpha value is -2.04. The van der Waals surface area contributed by atoms with E-state index in [0.717, 1.165) is 25.0 Å². The second kappa shape index (κ2) is 6.93.